The first-order valence-corrected chi connectivity index (χ1v) is 11.4. The Morgan fingerprint density at radius 3 is 2.21 bits per heavy atom. The van der Waals surface area contributed by atoms with Gasteiger partial charge < -0.3 is 20.2 Å². The van der Waals surface area contributed by atoms with Crippen molar-refractivity contribution in [2.75, 3.05) is 58.9 Å². The van der Waals surface area contributed by atoms with Crippen LogP contribution in [0.3, 0.4) is 0 Å². The first-order valence-electron chi connectivity index (χ1n) is 11.4. The number of hydrogen-bond donors (Lipinski definition) is 2. The van der Waals surface area contributed by atoms with Gasteiger partial charge in [-0.05, 0) is 39.0 Å². The standard InChI is InChI=1S/C21H39N5O2/c1-2-22-20(23-18-21(28)9-5-3-6-10-21)26-15-13-24(14-16-26)17-19(27)25-11-7-4-8-12-25/h28H,2-18H2,1H3,(H,22,23). The van der Waals surface area contributed by atoms with Gasteiger partial charge in [0.15, 0.2) is 5.96 Å². The van der Waals surface area contributed by atoms with Crippen LogP contribution >= 0.6 is 0 Å². The molecule has 28 heavy (non-hydrogen) atoms. The number of carbonyl (C=O) groups excluding carboxylic acids is 1. The number of carbonyl (C=O) groups is 1. The summed E-state index contributed by atoms with van der Waals surface area (Å²) in [6.07, 6.45) is 8.71. The van der Waals surface area contributed by atoms with Crippen molar-refractivity contribution in [3.05, 3.63) is 0 Å². The maximum absolute atomic E-state index is 12.5. The zero-order valence-corrected chi connectivity index (χ0v) is 17.7. The molecule has 2 saturated heterocycles. The Bertz CT molecular complexity index is 519. The third kappa shape index (κ3) is 6.08. The van der Waals surface area contributed by atoms with Crippen LogP contribution in [0.4, 0.5) is 0 Å². The van der Waals surface area contributed by atoms with Gasteiger partial charge in [-0.25, -0.2) is 0 Å². The highest BCUT2D eigenvalue weighted by atomic mass is 16.3. The summed E-state index contributed by atoms with van der Waals surface area (Å²) >= 11 is 0. The van der Waals surface area contributed by atoms with Crippen molar-refractivity contribution in [3.8, 4) is 0 Å². The van der Waals surface area contributed by atoms with Gasteiger partial charge in [-0.2, -0.15) is 0 Å². The quantitative estimate of drug-likeness (QED) is 0.544. The van der Waals surface area contributed by atoms with E-state index in [1.807, 2.05) is 4.90 Å². The molecule has 0 aromatic carbocycles. The minimum atomic E-state index is -0.623. The van der Waals surface area contributed by atoms with Gasteiger partial charge in [0.1, 0.15) is 0 Å². The van der Waals surface area contributed by atoms with Crippen LogP contribution < -0.4 is 5.32 Å². The van der Waals surface area contributed by atoms with Crippen molar-refractivity contribution in [3.63, 3.8) is 0 Å². The van der Waals surface area contributed by atoms with Crippen LogP contribution in [-0.2, 0) is 4.79 Å². The summed E-state index contributed by atoms with van der Waals surface area (Å²) in [7, 11) is 0. The van der Waals surface area contributed by atoms with Crippen molar-refractivity contribution in [2.45, 2.75) is 63.9 Å². The summed E-state index contributed by atoms with van der Waals surface area (Å²) in [5.74, 6) is 1.19. The highest BCUT2D eigenvalue weighted by Gasteiger charge is 2.30. The maximum atomic E-state index is 12.5. The molecule has 0 aromatic heterocycles. The number of nitrogens with zero attached hydrogens (tertiary/aromatic N) is 4. The average Bonchev–Trinajstić information content (AvgIpc) is 2.73. The van der Waals surface area contributed by atoms with Crippen LogP contribution in [0.1, 0.15) is 58.3 Å². The Balaban J connectivity index is 1.48. The fraction of sp³-hybridized carbons (Fsp3) is 0.905. The van der Waals surface area contributed by atoms with Gasteiger partial charge in [-0.1, -0.05) is 19.3 Å². The molecule has 160 valence electrons. The van der Waals surface area contributed by atoms with Gasteiger partial charge in [0, 0.05) is 45.8 Å². The van der Waals surface area contributed by atoms with Crippen molar-refractivity contribution in [1.82, 2.24) is 20.0 Å². The van der Waals surface area contributed by atoms with Gasteiger partial charge >= 0.3 is 0 Å². The van der Waals surface area contributed by atoms with Crippen LogP contribution in [0.25, 0.3) is 0 Å². The summed E-state index contributed by atoms with van der Waals surface area (Å²) < 4.78 is 0. The zero-order valence-electron chi connectivity index (χ0n) is 17.7. The van der Waals surface area contributed by atoms with E-state index in [1.54, 1.807) is 0 Å². The maximum Gasteiger partial charge on any atom is 0.236 e. The fourth-order valence-corrected chi connectivity index (χ4v) is 4.57. The molecular formula is C21H39N5O2. The molecule has 1 aliphatic carbocycles. The van der Waals surface area contributed by atoms with Crippen molar-refractivity contribution in [1.29, 1.82) is 0 Å². The number of hydrogen-bond acceptors (Lipinski definition) is 4. The molecular weight excluding hydrogens is 354 g/mol. The summed E-state index contributed by atoms with van der Waals surface area (Å²) in [4.78, 5) is 23.9. The average molecular weight is 394 g/mol. The normalized spacial score (nSPS) is 24.3. The van der Waals surface area contributed by atoms with Crippen LogP contribution in [0.2, 0.25) is 0 Å². The molecule has 2 heterocycles. The lowest BCUT2D eigenvalue weighted by Crippen LogP contribution is -2.54. The minimum Gasteiger partial charge on any atom is -0.388 e. The van der Waals surface area contributed by atoms with E-state index in [0.29, 0.717) is 13.1 Å². The largest absolute Gasteiger partial charge is 0.388 e. The lowest BCUT2D eigenvalue weighted by molar-refractivity contribution is -0.133. The van der Waals surface area contributed by atoms with Crippen LogP contribution in [0.15, 0.2) is 4.99 Å². The van der Waals surface area contributed by atoms with E-state index >= 15 is 0 Å². The molecule has 3 rings (SSSR count). The third-order valence-corrected chi connectivity index (χ3v) is 6.38. The number of piperidine rings is 1. The number of aliphatic hydroxyl groups is 1. The number of nitrogens with one attached hydrogen (secondary N) is 1. The predicted octanol–water partition coefficient (Wildman–Crippen LogP) is 1.28. The summed E-state index contributed by atoms with van der Waals surface area (Å²) in [6.45, 7) is 9.31. The molecule has 0 aromatic rings. The number of piperazine rings is 1. The molecule has 0 unspecified atom stereocenters. The molecule has 0 atom stereocenters. The number of likely N-dealkylation sites (tertiary alicyclic amines) is 1. The third-order valence-electron chi connectivity index (χ3n) is 6.38. The summed E-state index contributed by atoms with van der Waals surface area (Å²) in [6, 6.07) is 0. The molecule has 0 spiro atoms. The molecule has 3 fully saturated rings. The highest BCUT2D eigenvalue weighted by Crippen LogP contribution is 2.28. The van der Waals surface area contributed by atoms with E-state index in [0.717, 1.165) is 90.3 Å². The second-order valence-electron chi connectivity index (χ2n) is 8.66. The van der Waals surface area contributed by atoms with Gasteiger partial charge in [-0.15, -0.1) is 0 Å². The van der Waals surface area contributed by atoms with E-state index in [9.17, 15) is 9.90 Å². The SMILES string of the molecule is CCNC(=NCC1(O)CCCCC1)N1CCN(CC(=O)N2CCCCC2)CC1. The Morgan fingerprint density at radius 1 is 0.929 bits per heavy atom. The minimum absolute atomic E-state index is 0.285. The second-order valence-corrected chi connectivity index (χ2v) is 8.66. The molecule has 2 aliphatic heterocycles. The number of aliphatic imine (C=N–C) groups is 1. The smallest absolute Gasteiger partial charge is 0.236 e. The van der Waals surface area contributed by atoms with Gasteiger partial charge in [0.05, 0.1) is 18.7 Å². The van der Waals surface area contributed by atoms with E-state index in [2.05, 4.69) is 22.0 Å². The lowest BCUT2D eigenvalue weighted by Gasteiger charge is -2.38. The molecule has 1 amide bonds. The van der Waals surface area contributed by atoms with Crippen LogP contribution in [0.5, 0.6) is 0 Å². The zero-order chi connectivity index (χ0) is 19.8. The van der Waals surface area contributed by atoms with E-state index in [-0.39, 0.29) is 5.91 Å². The molecule has 1 saturated carbocycles. The second kappa shape index (κ2) is 10.4. The van der Waals surface area contributed by atoms with Crippen molar-refractivity contribution < 1.29 is 9.90 Å². The highest BCUT2D eigenvalue weighted by molar-refractivity contribution is 5.80. The van der Waals surface area contributed by atoms with E-state index in [4.69, 9.17) is 4.99 Å². The molecule has 7 heteroatoms. The number of rotatable bonds is 5. The van der Waals surface area contributed by atoms with Crippen molar-refractivity contribution >= 4 is 11.9 Å². The summed E-state index contributed by atoms with van der Waals surface area (Å²) in [5.41, 5.74) is -0.623. The van der Waals surface area contributed by atoms with Crippen LogP contribution in [0, 0.1) is 0 Å². The number of amides is 1. The molecule has 3 aliphatic rings. The van der Waals surface area contributed by atoms with Crippen molar-refractivity contribution in [2.24, 2.45) is 4.99 Å². The topological polar surface area (TPSA) is 71.4 Å². The Kier molecular flexibility index (Phi) is 7.97. The molecule has 7 nitrogen and oxygen atoms in total. The summed E-state index contributed by atoms with van der Waals surface area (Å²) in [5, 5.41) is 14.1. The van der Waals surface area contributed by atoms with E-state index < -0.39 is 5.60 Å². The Morgan fingerprint density at radius 2 is 1.57 bits per heavy atom. The molecule has 0 radical (unpaired) electrons. The predicted molar refractivity (Wildman–Crippen MR) is 112 cm³/mol. The fourth-order valence-electron chi connectivity index (χ4n) is 4.57. The monoisotopic (exact) mass is 393 g/mol. The first kappa shape index (κ1) is 21.4. The first-order chi connectivity index (χ1) is 13.6. The van der Waals surface area contributed by atoms with Gasteiger partial charge in [0.2, 0.25) is 5.91 Å². The van der Waals surface area contributed by atoms with Gasteiger partial charge in [0.25, 0.3) is 0 Å². The van der Waals surface area contributed by atoms with Gasteiger partial charge in [-0.3, -0.25) is 14.7 Å². The van der Waals surface area contributed by atoms with Crippen LogP contribution in [-0.4, -0.2) is 96.2 Å². The van der Waals surface area contributed by atoms with E-state index in [1.165, 1.54) is 12.8 Å². The Hall–Kier alpha value is -1.34. The number of guanidine groups is 1. The lowest BCUT2D eigenvalue weighted by atomic mass is 9.85. The Labute approximate surface area is 170 Å². The molecule has 2 N–H and O–H groups in total. The molecule has 0 bridgehead atoms.